The fraction of sp³-hybridized carbons (Fsp3) is 0.300. The van der Waals surface area contributed by atoms with Gasteiger partial charge in [-0.25, -0.2) is 8.42 Å². The van der Waals surface area contributed by atoms with Crippen molar-refractivity contribution < 1.29 is 17.9 Å². The summed E-state index contributed by atoms with van der Waals surface area (Å²) in [6, 6.07) is 2.58. The molecule has 1 aromatic rings. The SMILES string of the molecule is COCc1c(S(C)(=O)=O)ccc(C(=O)Cl)c1Cl. The summed E-state index contributed by atoms with van der Waals surface area (Å²) < 4.78 is 27.9. The fourth-order valence-corrected chi connectivity index (χ4v) is 2.87. The molecule has 0 radical (unpaired) electrons. The molecule has 7 heteroatoms. The quantitative estimate of drug-likeness (QED) is 0.800. The van der Waals surface area contributed by atoms with Gasteiger partial charge >= 0.3 is 0 Å². The molecule has 94 valence electrons. The highest BCUT2D eigenvalue weighted by molar-refractivity contribution is 7.90. The second-order valence-corrected chi connectivity index (χ2v) is 6.09. The largest absolute Gasteiger partial charge is 0.380 e. The highest BCUT2D eigenvalue weighted by Crippen LogP contribution is 2.29. The maximum absolute atomic E-state index is 11.5. The molecular formula is C10H10Cl2O4S. The van der Waals surface area contributed by atoms with Gasteiger partial charge in [0.2, 0.25) is 0 Å². The second-order valence-electron chi connectivity index (χ2n) is 3.38. The minimum absolute atomic E-state index is 0.00905. The van der Waals surface area contributed by atoms with Gasteiger partial charge in [0.25, 0.3) is 5.24 Å². The Morgan fingerprint density at radius 3 is 2.41 bits per heavy atom. The molecule has 0 heterocycles. The van der Waals surface area contributed by atoms with E-state index >= 15 is 0 Å². The summed E-state index contributed by atoms with van der Waals surface area (Å²) in [5.74, 6) is 0. The molecule has 0 aliphatic heterocycles. The molecule has 0 aliphatic rings. The van der Waals surface area contributed by atoms with Crippen molar-refractivity contribution in [1.82, 2.24) is 0 Å². The van der Waals surface area contributed by atoms with Gasteiger partial charge in [0.15, 0.2) is 9.84 Å². The number of benzene rings is 1. The Bertz CT molecular complexity index is 552. The van der Waals surface area contributed by atoms with Gasteiger partial charge in [-0.15, -0.1) is 0 Å². The van der Waals surface area contributed by atoms with E-state index in [0.717, 1.165) is 6.26 Å². The fourth-order valence-electron chi connectivity index (χ4n) is 1.38. The Kier molecular flexibility index (Phi) is 4.55. The molecule has 0 spiro atoms. The lowest BCUT2D eigenvalue weighted by Gasteiger charge is -2.11. The highest BCUT2D eigenvalue weighted by atomic mass is 35.5. The molecule has 0 unspecified atom stereocenters. The standard InChI is InChI=1S/C10H10Cl2O4S/c1-16-5-7-8(17(2,14)15)4-3-6(9(7)11)10(12)13/h3-4H,5H2,1-2H3. The Balaban J connectivity index is 3.56. The van der Waals surface area contributed by atoms with Crippen LogP contribution in [-0.2, 0) is 21.2 Å². The van der Waals surface area contributed by atoms with E-state index in [2.05, 4.69) is 0 Å². The van der Waals surface area contributed by atoms with Crippen LogP contribution >= 0.6 is 23.2 Å². The molecule has 0 amide bonds. The summed E-state index contributed by atoms with van der Waals surface area (Å²) in [5.41, 5.74) is 0.302. The third-order valence-corrected chi connectivity index (χ3v) is 3.92. The van der Waals surface area contributed by atoms with Crippen LogP contribution in [-0.4, -0.2) is 27.0 Å². The zero-order valence-electron chi connectivity index (χ0n) is 9.16. The monoisotopic (exact) mass is 296 g/mol. The lowest BCUT2D eigenvalue weighted by atomic mass is 10.1. The number of sulfone groups is 1. The lowest BCUT2D eigenvalue weighted by Crippen LogP contribution is -2.06. The molecular weight excluding hydrogens is 287 g/mol. The summed E-state index contributed by atoms with van der Waals surface area (Å²) >= 11 is 11.3. The highest BCUT2D eigenvalue weighted by Gasteiger charge is 2.20. The van der Waals surface area contributed by atoms with Crippen molar-refractivity contribution in [1.29, 1.82) is 0 Å². The zero-order chi connectivity index (χ0) is 13.2. The van der Waals surface area contributed by atoms with Crippen LogP contribution in [0.2, 0.25) is 5.02 Å². The van der Waals surface area contributed by atoms with Crippen molar-refractivity contribution in [2.45, 2.75) is 11.5 Å². The van der Waals surface area contributed by atoms with Crippen LogP contribution in [0, 0.1) is 0 Å². The number of rotatable bonds is 4. The van der Waals surface area contributed by atoms with Crippen LogP contribution in [0.3, 0.4) is 0 Å². The van der Waals surface area contributed by atoms with E-state index in [0.29, 0.717) is 0 Å². The van der Waals surface area contributed by atoms with Gasteiger partial charge in [-0.05, 0) is 23.7 Å². The molecule has 0 atom stereocenters. The van der Waals surface area contributed by atoms with Gasteiger partial charge in [-0.2, -0.15) is 0 Å². The van der Waals surface area contributed by atoms with Crippen LogP contribution in [0.1, 0.15) is 15.9 Å². The summed E-state index contributed by atoms with van der Waals surface area (Å²) in [5, 5.41) is -0.734. The van der Waals surface area contributed by atoms with Crippen LogP contribution in [0.5, 0.6) is 0 Å². The van der Waals surface area contributed by atoms with Crippen LogP contribution < -0.4 is 0 Å². The summed E-state index contributed by atoms with van der Waals surface area (Å²) in [4.78, 5) is 11.1. The van der Waals surface area contributed by atoms with Crippen molar-refractivity contribution in [2.24, 2.45) is 0 Å². The van der Waals surface area contributed by atoms with Gasteiger partial charge in [0.1, 0.15) is 0 Å². The first-order chi connectivity index (χ1) is 7.79. The van der Waals surface area contributed by atoms with Crippen molar-refractivity contribution in [3.05, 3.63) is 28.3 Å². The van der Waals surface area contributed by atoms with E-state index in [4.69, 9.17) is 27.9 Å². The molecule has 4 nitrogen and oxygen atoms in total. The molecule has 0 aromatic heterocycles. The van der Waals surface area contributed by atoms with E-state index < -0.39 is 15.1 Å². The Morgan fingerprint density at radius 2 is 2.00 bits per heavy atom. The average molecular weight is 297 g/mol. The van der Waals surface area contributed by atoms with Crippen LogP contribution in [0.15, 0.2) is 17.0 Å². The third kappa shape index (κ3) is 3.19. The number of hydrogen-bond acceptors (Lipinski definition) is 4. The van der Waals surface area contributed by atoms with Gasteiger partial charge in [-0.3, -0.25) is 4.79 Å². The maximum atomic E-state index is 11.5. The number of carbonyl (C=O) groups excluding carboxylic acids is 1. The van der Waals surface area contributed by atoms with Crippen molar-refractivity contribution >= 4 is 38.3 Å². The molecule has 0 bridgehead atoms. The number of methoxy groups -OCH3 is 1. The maximum Gasteiger partial charge on any atom is 0.253 e. The predicted molar refractivity (Wildman–Crippen MR) is 65.5 cm³/mol. The first kappa shape index (κ1) is 14.4. The Hall–Kier alpha value is -0.620. The predicted octanol–water partition coefficient (Wildman–Crippen LogP) is 2.27. The van der Waals surface area contributed by atoms with E-state index in [-0.39, 0.29) is 27.7 Å². The molecule has 17 heavy (non-hydrogen) atoms. The minimum Gasteiger partial charge on any atom is -0.380 e. The van der Waals surface area contributed by atoms with Crippen molar-refractivity contribution in [2.75, 3.05) is 13.4 Å². The first-order valence-corrected chi connectivity index (χ1v) is 7.14. The van der Waals surface area contributed by atoms with E-state index in [9.17, 15) is 13.2 Å². The van der Waals surface area contributed by atoms with E-state index in [1.807, 2.05) is 0 Å². The van der Waals surface area contributed by atoms with Crippen molar-refractivity contribution in [3.63, 3.8) is 0 Å². The van der Waals surface area contributed by atoms with Crippen molar-refractivity contribution in [3.8, 4) is 0 Å². The zero-order valence-corrected chi connectivity index (χ0v) is 11.5. The Labute approximate surface area is 109 Å². The number of ether oxygens (including phenoxy) is 1. The van der Waals surface area contributed by atoms with E-state index in [1.165, 1.54) is 19.2 Å². The number of carbonyl (C=O) groups is 1. The smallest absolute Gasteiger partial charge is 0.253 e. The molecule has 0 saturated heterocycles. The van der Waals surface area contributed by atoms with Crippen LogP contribution in [0.4, 0.5) is 0 Å². The third-order valence-electron chi connectivity index (χ3n) is 2.10. The minimum atomic E-state index is -3.44. The summed E-state index contributed by atoms with van der Waals surface area (Å²) in [7, 11) is -2.04. The first-order valence-electron chi connectivity index (χ1n) is 4.49. The van der Waals surface area contributed by atoms with Gasteiger partial charge in [0, 0.05) is 18.9 Å². The summed E-state index contributed by atoms with van der Waals surface area (Å²) in [6.07, 6.45) is 1.06. The normalized spacial score (nSPS) is 11.5. The van der Waals surface area contributed by atoms with Gasteiger partial charge in [-0.1, -0.05) is 11.6 Å². The molecule has 1 aromatic carbocycles. The average Bonchev–Trinajstić information content (AvgIpc) is 2.18. The summed E-state index contributed by atoms with van der Waals surface area (Å²) in [6.45, 7) is -0.0146. The molecule has 0 saturated carbocycles. The van der Waals surface area contributed by atoms with E-state index in [1.54, 1.807) is 0 Å². The number of hydrogen-bond donors (Lipinski definition) is 0. The molecule has 0 fully saturated rings. The molecule has 0 N–H and O–H groups in total. The lowest BCUT2D eigenvalue weighted by molar-refractivity contribution is 0.108. The molecule has 0 aliphatic carbocycles. The number of halogens is 2. The van der Waals surface area contributed by atoms with Crippen LogP contribution in [0.25, 0.3) is 0 Å². The molecule has 1 rings (SSSR count). The topological polar surface area (TPSA) is 60.4 Å². The van der Waals surface area contributed by atoms with Gasteiger partial charge in [0.05, 0.1) is 22.1 Å². The van der Waals surface area contributed by atoms with Gasteiger partial charge < -0.3 is 4.74 Å². The Morgan fingerprint density at radius 1 is 1.41 bits per heavy atom. The second kappa shape index (κ2) is 5.35.